The van der Waals surface area contributed by atoms with E-state index < -0.39 is 17.9 Å². The summed E-state index contributed by atoms with van der Waals surface area (Å²) in [5.74, 6) is 0.0384. The number of aryl methyl sites for hydroxylation is 1. The Kier molecular flexibility index (Phi) is 9.26. The molecule has 9 heteroatoms. The fourth-order valence-electron chi connectivity index (χ4n) is 7.42. The van der Waals surface area contributed by atoms with Gasteiger partial charge in [0.15, 0.2) is 5.78 Å². The third-order valence-corrected chi connectivity index (χ3v) is 9.80. The first-order valence-corrected chi connectivity index (χ1v) is 16.8. The Balaban J connectivity index is 0.889. The number of anilines is 1. The molecule has 3 atom stereocenters. The van der Waals surface area contributed by atoms with Gasteiger partial charge >= 0.3 is 0 Å². The number of carbonyl (C=O) groups excluding carboxylic acids is 4. The van der Waals surface area contributed by atoms with E-state index in [-0.39, 0.29) is 47.9 Å². The lowest BCUT2D eigenvalue weighted by Crippen LogP contribution is -2.47. The lowest BCUT2D eigenvalue weighted by Gasteiger charge is -2.34. The standard InChI is InChI=1S/C40H38N2O7/c43-29-10-16-33-27(22-29)8-14-32(25-4-2-1-3-5-25)38(33)26-6-12-31(13-7-26)49-21-20-48-19-18-41-28-9-15-34-35(23-28)40(47)42(39(34)46)36-17-11-30(44)24-37(36)45/h1-7,9-10,12-13,15-16,22-23,32,36,38,41,43H,8,11,14,17-21,24H2/t32-,36?,38+/m0/s1. The van der Waals surface area contributed by atoms with Crippen LogP contribution >= 0.6 is 0 Å². The van der Waals surface area contributed by atoms with Crippen molar-refractivity contribution in [1.29, 1.82) is 0 Å². The van der Waals surface area contributed by atoms with Crippen molar-refractivity contribution in [3.05, 3.63) is 124 Å². The molecule has 0 bridgehead atoms. The van der Waals surface area contributed by atoms with Gasteiger partial charge in [0, 0.05) is 24.6 Å². The highest BCUT2D eigenvalue weighted by atomic mass is 16.5. The van der Waals surface area contributed by atoms with Gasteiger partial charge in [-0.1, -0.05) is 48.5 Å². The molecule has 2 amide bonds. The molecule has 4 aromatic rings. The third kappa shape index (κ3) is 6.71. The quantitative estimate of drug-likeness (QED) is 0.114. The number of hydrogen-bond donors (Lipinski definition) is 2. The highest BCUT2D eigenvalue weighted by Gasteiger charge is 2.44. The number of imide groups is 1. The van der Waals surface area contributed by atoms with Crippen molar-refractivity contribution in [2.75, 3.05) is 31.7 Å². The van der Waals surface area contributed by atoms with Crippen LogP contribution in [0.3, 0.4) is 0 Å². The van der Waals surface area contributed by atoms with Crippen LogP contribution in [0.15, 0.2) is 91.0 Å². The summed E-state index contributed by atoms with van der Waals surface area (Å²) in [4.78, 5) is 51.0. The first kappa shape index (κ1) is 32.3. The molecule has 1 aliphatic heterocycles. The fraction of sp³-hybridized carbons (Fsp3) is 0.300. The smallest absolute Gasteiger partial charge is 0.262 e. The zero-order valence-electron chi connectivity index (χ0n) is 27.1. The van der Waals surface area contributed by atoms with Crippen molar-refractivity contribution < 1.29 is 33.8 Å². The second-order valence-corrected chi connectivity index (χ2v) is 12.9. The second-order valence-electron chi connectivity index (χ2n) is 12.9. The number of phenolic OH excluding ortho intramolecular Hbond substituents is 1. The molecule has 250 valence electrons. The summed E-state index contributed by atoms with van der Waals surface area (Å²) in [5, 5.41) is 13.3. The minimum Gasteiger partial charge on any atom is -0.508 e. The lowest BCUT2D eigenvalue weighted by atomic mass is 9.69. The third-order valence-electron chi connectivity index (χ3n) is 9.80. The summed E-state index contributed by atoms with van der Waals surface area (Å²) in [5.41, 5.74) is 6.16. The molecule has 49 heavy (non-hydrogen) atoms. The van der Waals surface area contributed by atoms with E-state index in [4.69, 9.17) is 9.47 Å². The number of nitrogens with one attached hydrogen (secondary N) is 1. The van der Waals surface area contributed by atoms with E-state index >= 15 is 0 Å². The number of rotatable bonds is 11. The van der Waals surface area contributed by atoms with E-state index in [2.05, 4.69) is 47.8 Å². The van der Waals surface area contributed by atoms with Gasteiger partial charge in [-0.15, -0.1) is 0 Å². The number of Topliss-reactive ketones (excluding diaryl/α,β-unsaturated/α-hetero) is 2. The van der Waals surface area contributed by atoms with Crippen molar-refractivity contribution in [3.63, 3.8) is 0 Å². The van der Waals surface area contributed by atoms with Gasteiger partial charge in [-0.05, 0) is 89.9 Å². The Bertz CT molecular complexity index is 1890. The molecule has 1 saturated carbocycles. The Morgan fingerprint density at radius 2 is 1.55 bits per heavy atom. The molecule has 3 aliphatic rings. The summed E-state index contributed by atoms with van der Waals surface area (Å²) >= 11 is 0. The predicted molar refractivity (Wildman–Crippen MR) is 183 cm³/mol. The zero-order chi connectivity index (χ0) is 33.9. The maximum atomic E-state index is 13.1. The fourth-order valence-corrected chi connectivity index (χ4v) is 7.42. The largest absolute Gasteiger partial charge is 0.508 e. The van der Waals surface area contributed by atoms with E-state index in [0.717, 1.165) is 23.5 Å². The summed E-state index contributed by atoms with van der Waals surface area (Å²) in [6, 6.07) is 28.7. The van der Waals surface area contributed by atoms with E-state index in [1.165, 1.54) is 22.3 Å². The lowest BCUT2D eigenvalue weighted by molar-refractivity contribution is -0.132. The van der Waals surface area contributed by atoms with Crippen molar-refractivity contribution in [1.82, 2.24) is 4.90 Å². The second kappa shape index (κ2) is 14.1. The highest BCUT2D eigenvalue weighted by molar-refractivity contribution is 6.24. The molecular formula is C40H38N2O7. The highest BCUT2D eigenvalue weighted by Crippen LogP contribution is 2.47. The Hall–Kier alpha value is -5.28. The van der Waals surface area contributed by atoms with Gasteiger partial charge in [0.2, 0.25) is 0 Å². The molecule has 9 nitrogen and oxygen atoms in total. The molecule has 0 spiro atoms. The number of phenols is 1. The molecule has 1 heterocycles. The van der Waals surface area contributed by atoms with Gasteiger partial charge in [0.25, 0.3) is 11.8 Å². The normalized spacial score (nSPS) is 20.2. The van der Waals surface area contributed by atoms with Gasteiger partial charge in [-0.3, -0.25) is 24.1 Å². The van der Waals surface area contributed by atoms with E-state index in [0.29, 0.717) is 43.7 Å². The van der Waals surface area contributed by atoms with Crippen LogP contribution in [0.25, 0.3) is 0 Å². The topological polar surface area (TPSA) is 122 Å². The van der Waals surface area contributed by atoms with Gasteiger partial charge in [0.1, 0.15) is 23.9 Å². The van der Waals surface area contributed by atoms with E-state index in [1.807, 2.05) is 24.3 Å². The number of benzene rings is 4. The molecule has 1 unspecified atom stereocenters. The van der Waals surface area contributed by atoms with Crippen LogP contribution in [-0.4, -0.2) is 65.8 Å². The predicted octanol–water partition coefficient (Wildman–Crippen LogP) is 6.05. The van der Waals surface area contributed by atoms with E-state index in [9.17, 15) is 24.3 Å². The summed E-state index contributed by atoms with van der Waals surface area (Å²) in [6.07, 6.45) is 2.06. The molecular weight excluding hydrogens is 620 g/mol. The summed E-state index contributed by atoms with van der Waals surface area (Å²) < 4.78 is 11.7. The minimum atomic E-state index is -0.882. The van der Waals surface area contributed by atoms with Crippen molar-refractivity contribution >= 4 is 29.1 Å². The zero-order valence-corrected chi connectivity index (χ0v) is 27.1. The Morgan fingerprint density at radius 3 is 2.35 bits per heavy atom. The Labute approximate surface area is 284 Å². The average molecular weight is 659 g/mol. The molecule has 2 N–H and O–H groups in total. The van der Waals surface area contributed by atoms with Crippen LogP contribution in [0, 0.1) is 0 Å². The average Bonchev–Trinajstić information content (AvgIpc) is 3.36. The molecule has 0 saturated heterocycles. The van der Waals surface area contributed by atoms with Crippen LogP contribution in [0.1, 0.15) is 80.5 Å². The number of ether oxygens (including phenoxy) is 2. The monoisotopic (exact) mass is 658 g/mol. The van der Waals surface area contributed by atoms with Crippen molar-refractivity contribution in [3.8, 4) is 11.5 Å². The first-order chi connectivity index (χ1) is 23.9. The number of amides is 2. The Morgan fingerprint density at radius 1 is 0.755 bits per heavy atom. The van der Waals surface area contributed by atoms with Gasteiger partial charge in [-0.25, -0.2) is 0 Å². The number of nitrogens with zero attached hydrogens (tertiary/aromatic N) is 1. The molecule has 4 aromatic carbocycles. The van der Waals surface area contributed by atoms with Crippen LogP contribution < -0.4 is 10.1 Å². The van der Waals surface area contributed by atoms with Crippen LogP contribution in [0.4, 0.5) is 5.69 Å². The van der Waals surface area contributed by atoms with Crippen LogP contribution in [0.5, 0.6) is 11.5 Å². The van der Waals surface area contributed by atoms with Gasteiger partial charge in [0.05, 0.1) is 36.8 Å². The summed E-state index contributed by atoms with van der Waals surface area (Å²) in [7, 11) is 0. The molecule has 1 fully saturated rings. The number of hydrogen-bond acceptors (Lipinski definition) is 8. The maximum Gasteiger partial charge on any atom is 0.262 e. The molecule has 7 rings (SSSR count). The molecule has 0 aromatic heterocycles. The van der Waals surface area contributed by atoms with E-state index in [1.54, 1.807) is 24.3 Å². The molecule has 0 radical (unpaired) electrons. The van der Waals surface area contributed by atoms with Crippen molar-refractivity contribution in [2.45, 2.75) is 50.0 Å². The van der Waals surface area contributed by atoms with Gasteiger partial charge < -0.3 is 19.9 Å². The molecule has 2 aliphatic carbocycles. The van der Waals surface area contributed by atoms with Gasteiger partial charge in [-0.2, -0.15) is 0 Å². The number of fused-ring (bicyclic) bond motifs is 2. The van der Waals surface area contributed by atoms with Crippen LogP contribution in [-0.2, 0) is 20.7 Å². The number of carbonyl (C=O) groups is 4. The summed E-state index contributed by atoms with van der Waals surface area (Å²) in [6.45, 7) is 1.66. The number of aromatic hydroxyl groups is 1. The van der Waals surface area contributed by atoms with Crippen LogP contribution in [0.2, 0.25) is 0 Å². The first-order valence-electron chi connectivity index (χ1n) is 16.8. The maximum absolute atomic E-state index is 13.1. The number of ketones is 2. The van der Waals surface area contributed by atoms with Crippen molar-refractivity contribution in [2.24, 2.45) is 0 Å². The SMILES string of the molecule is O=C1CCC(N2C(=O)c3ccc(NCCOCCOc4ccc([C@H]5c6ccc(O)cc6CC[C@H]5c5ccccc5)cc4)cc3C2=O)C(=O)C1. The minimum absolute atomic E-state index is 0.158.